The van der Waals surface area contributed by atoms with Crippen molar-refractivity contribution >= 4 is 18.3 Å². The molecule has 0 aliphatic carbocycles. The average Bonchev–Trinajstić information content (AvgIpc) is 2.34. The maximum atomic E-state index is 13.1. The van der Waals surface area contributed by atoms with Crippen LogP contribution in [0.15, 0.2) is 24.3 Å². The summed E-state index contributed by atoms with van der Waals surface area (Å²) >= 11 is 0. The second kappa shape index (κ2) is 9.67. The molecule has 4 nitrogen and oxygen atoms in total. The number of benzene rings is 1. The van der Waals surface area contributed by atoms with Crippen LogP contribution < -0.4 is 15.8 Å². The number of amides is 1. The van der Waals surface area contributed by atoms with Crippen LogP contribution in [0.25, 0.3) is 0 Å². The zero-order valence-corrected chi connectivity index (χ0v) is 10.8. The topological polar surface area (TPSA) is 64.3 Å². The number of ether oxygens (including phenoxy) is 1. The van der Waals surface area contributed by atoms with Crippen LogP contribution in [0.2, 0.25) is 0 Å². The number of para-hydroxylation sites is 1. The van der Waals surface area contributed by atoms with Gasteiger partial charge in [0, 0.05) is 19.5 Å². The molecule has 0 atom stereocenters. The van der Waals surface area contributed by atoms with E-state index in [0.717, 1.165) is 0 Å². The van der Waals surface area contributed by atoms with Crippen molar-refractivity contribution in [3.05, 3.63) is 30.1 Å². The molecule has 0 fully saturated rings. The molecule has 1 aromatic carbocycles. The van der Waals surface area contributed by atoms with Gasteiger partial charge in [-0.2, -0.15) is 0 Å². The molecule has 0 radical (unpaired) electrons. The minimum absolute atomic E-state index is 0. The Kier molecular flexibility index (Phi) is 8.96. The van der Waals surface area contributed by atoms with Crippen LogP contribution >= 0.6 is 12.4 Å². The zero-order chi connectivity index (χ0) is 12.5. The normalized spacial score (nSPS) is 9.44. The van der Waals surface area contributed by atoms with Gasteiger partial charge in [-0.05, 0) is 18.6 Å². The monoisotopic (exact) mass is 276 g/mol. The highest BCUT2D eigenvalue weighted by atomic mass is 35.5. The summed E-state index contributed by atoms with van der Waals surface area (Å²) in [7, 11) is 0. The molecule has 0 heterocycles. The lowest BCUT2D eigenvalue weighted by Crippen LogP contribution is -2.29. The smallest absolute Gasteiger partial charge is 0.220 e. The number of carbonyl (C=O) groups excluding carboxylic acids is 1. The third-order valence-corrected chi connectivity index (χ3v) is 2.11. The summed E-state index contributed by atoms with van der Waals surface area (Å²) in [6.45, 7) is 1.22. The number of rotatable bonds is 7. The molecule has 0 saturated heterocycles. The van der Waals surface area contributed by atoms with Crippen LogP contribution in [0, 0.1) is 5.82 Å². The highest BCUT2D eigenvalue weighted by Crippen LogP contribution is 2.15. The molecule has 3 N–H and O–H groups in total. The fourth-order valence-electron chi connectivity index (χ4n) is 1.28. The zero-order valence-electron chi connectivity index (χ0n) is 10.0. The average molecular weight is 277 g/mol. The molecule has 102 valence electrons. The van der Waals surface area contributed by atoms with Crippen molar-refractivity contribution in [2.24, 2.45) is 5.73 Å². The van der Waals surface area contributed by atoms with Crippen molar-refractivity contribution in [1.29, 1.82) is 0 Å². The third kappa shape index (κ3) is 6.42. The first-order chi connectivity index (χ1) is 8.24. The second-order valence-corrected chi connectivity index (χ2v) is 3.52. The number of nitrogens with one attached hydrogen (secondary N) is 1. The molecular formula is C12H18ClFN2O2. The van der Waals surface area contributed by atoms with Gasteiger partial charge < -0.3 is 15.8 Å². The van der Waals surface area contributed by atoms with E-state index in [9.17, 15) is 9.18 Å². The van der Waals surface area contributed by atoms with E-state index in [1.54, 1.807) is 18.2 Å². The summed E-state index contributed by atoms with van der Waals surface area (Å²) in [6, 6.07) is 6.20. The summed E-state index contributed by atoms with van der Waals surface area (Å²) in [5.41, 5.74) is 5.24. The number of hydrogen-bond donors (Lipinski definition) is 2. The Balaban J connectivity index is 0.00000289. The van der Waals surface area contributed by atoms with Gasteiger partial charge in [0.2, 0.25) is 5.91 Å². The lowest BCUT2D eigenvalue weighted by molar-refractivity contribution is -0.121. The predicted octanol–water partition coefficient (Wildman–Crippen LogP) is 1.48. The molecule has 0 aliphatic rings. The molecule has 0 spiro atoms. The van der Waals surface area contributed by atoms with Crippen molar-refractivity contribution in [2.75, 3.05) is 19.7 Å². The summed E-state index contributed by atoms with van der Waals surface area (Å²) in [5, 5.41) is 2.65. The molecule has 18 heavy (non-hydrogen) atoms. The van der Waals surface area contributed by atoms with E-state index in [0.29, 0.717) is 32.5 Å². The first-order valence-corrected chi connectivity index (χ1v) is 5.58. The van der Waals surface area contributed by atoms with Crippen LogP contribution in [0.5, 0.6) is 5.75 Å². The Morgan fingerprint density at radius 3 is 2.78 bits per heavy atom. The molecular weight excluding hydrogens is 259 g/mol. The lowest BCUT2D eigenvalue weighted by atomic mass is 10.3. The van der Waals surface area contributed by atoms with E-state index >= 15 is 0 Å². The van der Waals surface area contributed by atoms with Gasteiger partial charge in [-0.25, -0.2) is 4.39 Å². The molecule has 0 saturated carbocycles. The molecule has 0 unspecified atom stereocenters. The highest BCUT2D eigenvalue weighted by molar-refractivity contribution is 5.85. The molecule has 0 bridgehead atoms. The number of nitrogens with two attached hydrogens (primary N) is 1. The quantitative estimate of drug-likeness (QED) is 0.742. The van der Waals surface area contributed by atoms with Crippen molar-refractivity contribution in [2.45, 2.75) is 12.8 Å². The molecule has 0 aliphatic heterocycles. The number of carbonyl (C=O) groups is 1. The Morgan fingerprint density at radius 1 is 1.39 bits per heavy atom. The van der Waals surface area contributed by atoms with Gasteiger partial charge in [-0.15, -0.1) is 12.4 Å². The molecule has 1 aromatic rings. The fourth-order valence-corrected chi connectivity index (χ4v) is 1.28. The first kappa shape index (κ1) is 16.7. The van der Waals surface area contributed by atoms with Gasteiger partial charge in [0.15, 0.2) is 11.6 Å². The fraction of sp³-hybridized carbons (Fsp3) is 0.417. The third-order valence-electron chi connectivity index (χ3n) is 2.11. The standard InChI is InChI=1S/C12H17FN2O2.ClH/c13-10-4-1-2-5-11(10)17-9-3-6-12(16)15-8-7-14;/h1-2,4-5H,3,6-9,14H2,(H,15,16);1H. The largest absolute Gasteiger partial charge is 0.491 e. The summed E-state index contributed by atoms with van der Waals surface area (Å²) in [4.78, 5) is 11.2. The van der Waals surface area contributed by atoms with E-state index in [-0.39, 0.29) is 29.9 Å². The maximum absolute atomic E-state index is 13.1. The van der Waals surface area contributed by atoms with Crippen LogP contribution in [0.1, 0.15) is 12.8 Å². The van der Waals surface area contributed by atoms with Crippen molar-refractivity contribution < 1.29 is 13.9 Å². The summed E-state index contributed by atoms with van der Waals surface area (Å²) < 4.78 is 18.3. The number of hydrogen-bond acceptors (Lipinski definition) is 3. The van der Waals surface area contributed by atoms with E-state index in [1.165, 1.54) is 6.07 Å². The SMILES string of the molecule is Cl.NCCNC(=O)CCCOc1ccccc1F. The van der Waals surface area contributed by atoms with Crippen molar-refractivity contribution in [1.82, 2.24) is 5.32 Å². The first-order valence-electron chi connectivity index (χ1n) is 5.58. The van der Waals surface area contributed by atoms with E-state index in [2.05, 4.69) is 5.32 Å². The van der Waals surface area contributed by atoms with Crippen LogP contribution in [-0.4, -0.2) is 25.6 Å². The van der Waals surface area contributed by atoms with Crippen molar-refractivity contribution in [3.63, 3.8) is 0 Å². The second-order valence-electron chi connectivity index (χ2n) is 3.52. The van der Waals surface area contributed by atoms with E-state index < -0.39 is 0 Å². The van der Waals surface area contributed by atoms with Gasteiger partial charge in [0.1, 0.15) is 0 Å². The highest BCUT2D eigenvalue weighted by Gasteiger charge is 2.03. The number of halogens is 2. The molecule has 6 heteroatoms. The molecule has 1 rings (SSSR count). The Labute approximate surface area is 112 Å². The molecule has 0 aromatic heterocycles. The van der Waals surface area contributed by atoms with Crippen molar-refractivity contribution in [3.8, 4) is 5.75 Å². The van der Waals surface area contributed by atoms with E-state index in [1.807, 2.05) is 0 Å². The van der Waals surface area contributed by atoms with Gasteiger partial charge in [0.25, 0.3) is 0 Å². The van der Waals surface area contributed by atoms with Gasteiger partial charge >= 0.3 is 0 Å². The minimum atomic E-state index is -0.389. The Morgan fingerprint density at radius 2 is 2.11 bits per heavy atom. The predicted molar refractivity (Wildman–Crippen MR) is 70.4 cm³/mol. The van der Waals surface area contributed by atoms with Crippen LogP contribution in [0.4, 0.5) is 4.39 Å². The summed E-state index contributed by atoms with van der Waals surface area (Å²) in [5.74, 6) is -0.234. The van der Waals surface area contributed by atoms with Crippen LogP contribution in [0.3, 0.4) is 0 Å². The summed E-state index contributed by atoms with van der Waals surface area (Å²) in [6.07, 6.45) is 0.902. The lowest BCUT2D eigenvalue weighted by Gasteiger charge is -2.07. The van der Waals surface area contributed by atoms with Gasteiger partial charge in [-0.1, -0.05) is 12.1 Å². The maximum Gasteiger partial charge on any atom is 0.220 e. The Hall–Kier alpha value is -1.33. The van der Waals surface area contributed by atoms with Gasteiger partial charge in [-0.3, -0.25) is 4.79 Å². The molecule has 1 amide bonds. The van der Waals surface area contributed by atoms with Gasteiger partial charge in [0.05, 0.1) is 6.61 Å². The Bertz CT molecular complexity index is 364. The van der Waals surface area contributed by atoms with Crippen LogP contribution in [-0.2, 0) is 4.79 Å². The van der Waals surface area contributed by atoms with E-state index in [4.69, 9.17) is 10.5 Å². The minimum Gasteiger partial charge on any atom is -0.491 e.